The third-order valence-electron chi connectivity index (χ3n) is 4.43. The lowest BCUT2D eigenvalue weighted by molar-refractivity contribution is -0.131. The van der Waals surface area contributed by atoms with E-state index in [0.29, 0.717) is 34.0 Å². The predicted octanol–water partition coefficient (Wildman–Crippen LogP) is 4.13. The number of methoxy groups -OCH3 is 2. The third kappa shape index (κ3) is 5.42. The molecule has 164 valence electrons. The van der Waals surface area contributed by atoms with E-state index in [1.807, 2.05) is 0 Å². The van der Waals surface area contributed by atoms with Crippen molar-refractivity contribution in [2.45, 2.75) is 6.92 Å². The summed E-state index contributed by atoms with van der Waals surface area (Å²) in [4.78, 5) is 36.6. The average Bonchev–Trinajstić information content (AvgIpc) is 2.79. The molecule has 0 radical (unpaired) electrons. The summed E-state index contributed by atoms with van der Waals surface area (Å²) in [6.45, 7) is 1.28. The van der Waals surface area contributed by atoms with E-state index in [2.05, 4.69) is 10.6 Å². The largest absolute Gasteiger partial charge is 0.493 e. The Labute approximate surface area is 185 Å². The van der Waals surface area contributed by atoms with Gasteiger partial charge in [-0.3, -0.25) is 14.4 Å². The van der Waals surface area contributed by atoms with Crippen LogP contribution >= 0.6 is 0 Å². The topological polar surface area (TPSA) is 103 Å². The van der Waals surface area contributed by atoms with Crippen LogP contribution in [0.3, 0.4) is 0 Å². The summed E-state index contributed by atoms with van der Waals surface area (Å²) in [5, 5.41) is 5.56. The van der Waals surface area contributed by atoms with Crippen molar-refractivity contribution in [2.75, 3.05) is 24.9 Å². The number of hydrogen-bond acceptors (Lipinski definition) is 6. The van der Waals surface area contributed by atoms with Gasteiger partial charge in [0, 0.05) is 18.1 Å². The van der Waals surface area contributed by atoms with E-state index in [-0.39, 0.29) is 11.7 Å². The van der Waals surface area contributed by atoms with E-state index in [9.17, 15) is 14.4 Å². The highest BCUT2D eigenvalue weighted by Gasteiger charge is 2.15. The van der Waals surface area contributed by atoms with E-state index in [1.165, 1.54) is 27.2 Å². The first-order valence-corrected chi connectivity index (χ1v) is 9.63. The second-order valence-corrected chi connectivity index (χ2v) is 6.65. The van der Waals surface area contributed by atoms with Crippen molar-refractivity contribution in [1.29, 1.82) is 0 Å². The number of rotatable bonds is 7. The number of esters is 1. The van der Waals surface area contributed by atoms with Crippen molar-refractivity contribution in [2.24, 2.45) is 0 Å². The summed E-state index contributed by atoms with van der Waals surface area (Å²) in [6, 6.07) is 17.9. The van der Waals surface area contributed by atoms with Gasteiger partial charge in [0.2, 0.25) is 0 Å². The molecular weight excluding hydrogens is 412 g/mol. The molecule has 2 N–H and O–H groups in total. The molecule has 3 rings (SSSR count). The minimum absolute atomic E-state index is 0.264. The number of nitrogens with one attached hydrogen (secondary N) is 2. The highest BCUT2D eigenvalue weighted by atomic mass is 16.5. The highest BCUT2D eigenvalue weighted by molar-refractivity contribution is 6.10. The number of carbonyl (C=O) groups excluding carboxylic acids is 3. The summed E-state index contributed by atoms with van der Waals surface area (Å²) >= 11 is 0. The zero-order chi connectivity index (χ0) is 23.1. The summed E-state index contributed by atoms with van der Waals surface area (Å²) in [7, 11) is 3.00. The molecule has 0 aromatic heterocycles. The zero-order valence-electron chi connectivity index (χ0n) is 17.8. The van der Waals surface area contributed by atoms with Gasteiger partial charge in [0.05, 0.1) is 25.6 Å². The summed E-state index contributed by atoms with van der Waals surface area (Å²) in [6.07, 6.45) is 0. The van der Waals surface area contributed by atoms with Crippen LogP contribution in [0.5, 0.6) is 17.2 Å². The molecule has 8 heteroatoms. The number of amides is 2. The fourth-order valence-electron chi connectivity index (χ4n) is 2.93. The summed E-state index contributed by atoms with van der Waals surface area (Å²) in [5.74, 6) is -0.0932. The van der Waals surface area contributed by atoms with Crippen molar-refractivity contribution in [3.8, 4) is 17.2 Å². The molecule has 32 heavy (non-hydrogen) atoms. The van der Waals surface area contributed by atoms with Crippen LogP contribution in [0.25, 0.3) is 0 Å². The van der Waals surface area contributed by atoms with Gasteiger partial charge >= 0.3 is 5.97 Å². The van der Waals surface area contributed by atoms with Gasteiger partial charge in [-0.2, -0.15) is 0 Å². The van der Waals surface area contributed by atoms with E-state index >= 15 is 0 Å². The highest BCUT2D eigenvalue weighted by Crippen LogP contribution is 2.29. The molecule has 0 bridgehead atoms. The Morgan fingerprint density at radius 2 is 1.28 bits per heavy atom. The SMILES string of the molecule is COc1ccc(C(=O)Nc2ccccc2NC(=O)c2cccc(OC(C)=O)c2)cc1OC. The Bertz CT molecular complexity index is 1160. The molecule has 0 fully saturated rings. The van der Waals surface area contributed by atoms with E-state index in [1.54, 1.807) is 60.7 Å². The van der Waals surface area contributed by atoms with Crippen LogP contribution in [0, 0.1) is 0 Å². The first-order valence-electron chi connectivity index (χ1n) is 9.63. The molecule has 3 aromatic carbocycles. The van der Waals surface area contributed by atoms with Crippen molar-refractivity contribution in [3.63, 3.8) is 0 Å². The van der Waals surface area contributed by atoms with E-state index in [4.69, 9.17) is 14.2 Å². The minimum Gasteiger partial charge on any atom is -0.493 e. The van der Waals surface area contributed by atoms with Crippen LogP contribution in [0.1, 0.15) is 27.6 Å². The molecule has 0 aliphatic heterocycles. The Balaban J connectivity index is 1.78. The normalized spacial score (nSPS) is 10.1. The minimum atomic E-state index is -0.481. The molecule has 0 aliphatic carbocycles. The number of hydrogen-bond donors (Lipinski definition) is 2. The maximum absolute atomic E-state index is 12.8. The molecule has 0 unspecified atom stereocenters. The Morgan fingerprint density at radius 1 is 0.688 bits per heavy atom. The van der Waals surface area contributed by atoms with Gasteiger partial charge in [-0.15, -0.1) is 0 Å². The van der Waals surface area contributed by atoms with Crippen LogP contribution in [0.2, 0.25) is 0 Å². The number of ether oxygens (including phenoxy) is 3. The Hall–Kier alpha value is -4.33. The second-order valence-electron chi connectivity index (χ2n) is 6.65. The monoisotopic (exact) mass is 434 g/mol. The third-order valence-corrected chi connectivity index (χ3v) is 4.43. The molecule has 0 atom stereocenters. The lowest BCUT2D eigenvalue weighted by Crippen LogP contribution is -2.17. The van der Waals surface area contributed by atoms with Gasteiger partial charge in [0.25, 0.3) is 11.8 Å². The zero-order valence-corrected chi connectivity index (χ0v) is 17.8. The van der Waals surface area contributed by atoms with Crippen LogP contribution < -0.4 is 24.8 Å². The maximum atomic E-state index is 12.8. The molecule has 8 nitrogen and oxygen atoms in total. The molecule has 0 saturated carbocycles. The van der Waals surface area contributed by atoms with E-state index < -0.39 is 11.9 Å². The van der Waals surface area contributed by atoms with Gasteiger partial charge < -0.3 is 24.8 Å². The summed E-state index contributed by atoms with van der Waals surface area (Å²) in [5.41, 5.74) is 1.48. The maximum Gasteiger partial charge on any atom is 0.308 e. The van der Waals surface area contributed by atoms with Crippen LogP contribution in [0.15, 0.2) is 66.7 Å². The average molecular weight is 434 g/mol. The van der Waals surface area contributed by atoms with Crippen LogP contribution in [-0.4, -0.2) is 32.0 Å². The first kappa shape index (κ1) is 22.4. The Kier molecular flexibility index (Phi) is 7.07. The van der Waals surface area contributed by atoms with E-state index in [0.717, 1.165) is 0 Å². The van der Waals surface area contributed by atoms with Gasteiger partial charge in [-0.25, -0.2) is 0 Å². The molecule has 3 aromatic rings. The van der Waals surface area contributed by atoms with Gasteiger partial charge in [-0.05, 0) is 48.5 Å². The predicted molar refractivity (Wildman–Crippen MR) is 120 cm³/mol. The van der Waals surface area contributed by atoms with Crippen molar-refractivity contribution in [1.82, 2.24) is 0 Å². The summed E-state index contributed by atoms with van der Waals surface area (Å²) < 4.78 is 15.5. The number of anilines is 2. The number of para-hydroxylation sites is 2. The molecule has 0 spiro atoms. The molecule has 0 saturated heterocycles. The fraction of sp³-hybridized carbons (Fsp3) is 0.125. The van der Waals surface area contributed by atoms with Crippen LogP contribution in [0.4, 0.5) is 11.4 Å². The second kappa shape index (κ2) is 10.1. The lowest BCUT2D eigenvalue weighted by atomic mass is 10.1. The quantitative estimate of drug-likeness (QED) is 0.428. The van der Waals surface area contributed by atoms with Crippen molar-refractivity contribution in [3.05, 3.63) is 77.9 Å². The van der Waals surface area contributed by atoms with Gasteiger partial charge in [0.1, 0.15) is 5.75 Å². The molecule has 0 aliphatic rings. The van der Waals surface area contributed by atoms with Gasteiger partial charge in [-0.1, -0.05) is 18.2 Å². The molecule has 0 heterocycles. The molecular formula is C24H22N2O6. The lowest BCUT2D eigenvalue weighted by Gasteiger charge is -2.14. The Morgan fingerprint density at radius 3 is 1.84 bits per heavy atom. The van der Waals surface area contributed by atoms with Crippen molar-refractivity contribution < 1.29 is 28.6 Å². The number of benzene rings is 3. The standard InChI is InChI=1S/C24H22N2O6/c1-15(27)32-18-8-6-7-16(13-18)23(28)25-19-9-4-5-10-20(19)26-24(29)17-11-12-21(30-2)22(14-17)31-3/h4-14H,1-3H3,(H,25,28)(H,26,29). The smallest absolute Gasteiger partial charge is 0.308 e. The first-order chi connectivity index (χ1) is 15.4. The number of carbonyl (C=O) groups is 3. The van der Waals surface area contributed by atoms with Crippen molar-refractivity contribution >= 4 is 29.2 Å². The fourth-order valence-corrected chi connectivity index (χ4v) is 2.93. The van der Waals surface area contributed by atoms with Crippen LogP contribution in [-0.2, 0) is 4.79 Å². The molecule has 2 amide bonds. The van der Waals surface area contributed by atoms with Gasteiger partial charge in [0.15, 0.2) is 11.5 Å².